The van der Waals surface area contributed by atoms with Crippen molar-refractivity contribution >= 4 is 0 Å². The summed E-state index contributed by atoms with van der Waals surface area (Å²) in [4.78, 5) is 0. The summed E-state index contributed by atoms with van der Waals surface area (Å²) in [6.07, 6.45) is 3.84. The summed E-state index contributed by atoms with van der Waals surface area (Å²) >= 11 is 0. The SMILES string of the molecule is CCC1CCC(C2CCC(c3c(F)ccc(Oc4cc(F)c(OC(F)(F)F)c(F)c4)c3F)CC2)CC1. The monoisotopic (exact) mass is 518 g/mol. The molecule has 2 aromatic carbocycles. The molecule has 0 unspecified atom stereocenters. The Morgan fingerprint density at radius 2 is 1.33 bits per heavy atom. The van der Waals surface area contributed by atoms with Gasteiger partial charge in [-0.15, -0.1) is 13.2 Å². The normalized spacial score (nSPS) is 25.0. The van der Waals surface area contributed by atoms with Gasteiger partial charge < -0.3 is 9.47 Å². The van der Waals surface area contributed by atoms with Gasteiger partial charge in [-0.25, -0.2) is 17.6 Å². The first-order valence-corrected chi connectivity index (χ1v) is 12.5. The van der Waals surface area contributed by atoms with Gasteiger partial charge in [0.2, 0.25) is 5.75 Å². The van der Waals surface area contributed by atoms with Crippen molar-refractivity contribution in [1.82, 2.24) is 0 Å². The molecule has 2 aliphatic carbocycles. The molecule has 2 saturated carbocycles. The molecule has 36 heavy (non-hydrogen) atoms. The Hall–Kier alpha value is -2.45. The van der Waals surface area contributed by atoms with E-state index >= 15 is 4.39 Å². The lowest BCUT2D eigenvalue weighted by molar-refractivity contribution is -0.276. The molecule has 0 aliphatic heterocycles. The van der Waals surface area contributed by atoms with Crippen LogP contribution in [-0.4, -0.2) is 6.36 Å². The van der Waals surface area contributed by atoms with Crippen LogP contribution in [0.3, 0.4) is 0 Å². The first-order valence-electron chi connectivity index (χ1n) is 12.5. The highest BCUT2D eigenvalue weighted by atomic mass is 19.4. The Balaban J connectivity index is 1.46. The molecular formula is C27H29F7O2. The molecule has 0 saturated heterocycles. The van der Waals surface area contributed by atoms with Gasteiger partial charge in [0.05, 0.1) is 0 Å². The zero-order chi connectivity index (χ0) is 26.0. The fraction of sp³-hybridized carbons (Fsp3) is 0.556. The maximum Gasteiger partial charge on any atom is 0.573 e. The van der Waals surface area contributed by atoms with Crippen molar-refractivity contribution in [3.63, 3.8) is 0 Å². The van der Waals surface area contributed by atoms with Crippen LogP contribution < -0.4 is 9.47 Å². The molecule has 0 spiro atoms. The number of hydrogen-bond acceptors (Lipinski definition) is 2. The minimum atomic E-state index is -5.30. The lowest BCUT2D eigenvalue weighted by Gasteiger charge is -2.38. The van der Waals surface area contributed by atoms with E-state index in [1.807, 2.05) is 0 Å². The predicted octanol–water partition coefficient (Wildman–Crippen LogP) is 9.42. The van der Waals surface area contributed by atoms with E-state index in [-0.39, 0.29) is 11.5 Å². The lowest BCUT2D eigenvalue weighted by Crippen LogP contribution is -2.25. The van der Waals surface area contributed by atoms with Gasteiger partial charge in [-0.1, -0.05) is 26.2 Å². The zero-order valence-electron chi connectivity index (χ0n) is 19.9. The van der Waals surface area contributed by atoms with Gasteiger partial charge in [0.1, 0.15) is 11.6 Å². The molecule has 0 heterocycles. The molecule has 198 valence electrons. The second-order valence-electron chi connectivity index (χ2n) is 9.94. The van der Waals surface area contributed by atoms with Crippen LogP contribution in [0.1, 0.15) is 76.2 Å². The molecule has 9 heteroatoms. The van der Waals surface area contributed by atoms with E-state index < -0.39 is 46.9 Å². The maximum atomic E-state index is 15.3. The summed E-state index contributed by atoms with van der Waals surface area (Å²) in [5.41, 5.74) is -0.126. The molecule has 2 nitrogen and oxygen atoms in total. The van der Waals surface area contributed by atoms with Crippen molar-refractivity contribution in [2.75, 3.05) is 0 Å². The second-order valence-corrected chi connectivity index (χ2v) is 9.94. The van der Waals surface area contributed by atoms with E-state index in [0.717, 1.165) is 30.9 Å². The van der Waals surface area contributed by atoms with Crippen LogP contribution in [0.25, 0.3) is 0 Å². The van der Waals surface area contributed by atoms with Gasteiger partial charge in [-0.05, 0) is 74.3 Å². The molecule has 0 N–H and O–H groups in total. The minimum absolute atomic E-state index is 0.126. The maximum absolute atomic E-state index is 15.3. The van der Waals surface area contributed by atoms with Crippen LogP contribution >= 0.6 is 0 Å². The summed E-state index contributed by atoms with van der Waals surface area (Å²) in [5.74, 6) is -6.07. The van der Waals surface area contributed by atoms with Crippen LogP contribution in [0.15, 0.2) is 24.3 Å². The zero-order valence-corrected chi connectivity index (χ0v) is 19.9. The Morgan fingerprint density at radius 1 is 0.778 bits per heavy atom. The van der Waals surface area contributed by atoms with Crippen LogP contribution in [0.2, 0.25) is 0 Å². The molecule has 2 aliphatic rings. The molecule has 0 atom stereocenters. The van der Waals surface area contributed by atoms with E-state index in [4.69, 9.17) is 4.74 Å². The average molecular weight is 519 g/mol. The van der Waals surface area contributed by atoms with Crippen molar-refractivity contribution in [3.8, 4) is 17.2 Å². The van der Waals surface area contributed by atoms with Gasteiger partial charge in [0.25, 0.3) is 0 Å². The summed E-state index contributed by atoms with van der Waals surface area (Å²) in [6, 6.07) is 2.91. The van der Waals surface area contributed by atoms with E-state index in [0.29, 0.717) is 36.8 Å². The number of halogens is 7. The van der Waals surface area contributed by atoms with Crippen molar-refractivity contribution in [2.45, 2.75) is 77.0 Å². The number of rotatable bonds is 6. The summed E-state index contributed by atoms with van der Waals surface area (Å²) in [7, 11) is 0. The number of hydrogen-bond donors (Lipinski definition) is 0. The molecule has 0 radical (unpaired) electrons. The Bertz CT molecular complexity index is 1030. The molecule has 0 amide bonds. The minimum Gasteiger partial charge on any atom is -0.454 e. The highest BCUT2D eigenvalue weighted by Crippen LogP contribution is 2.46. The summed E-state index contributed by atoms with van der Waals surface area (Å²) in [5, 5.41) is 0. The van der Waals surface area contributed by atoms with Crippen molar-refractivity contribution in [1.29, 1.82) is 0 Å². The third-order valence-corrected chi connectivity index (χ3v) is 7.82. The van der Waals surface area contributed by atoms with Gasteiger partial charge in [-0.2, -0.15) is 0 Å². The van der Waals surface area contributed by atoms with Crippen LogP contribution in [-0.2, 0) is 0 Å². The Morgan fingerprint density at radius 3 is 1.86 bits per heavy atom. The average Bonchev–Trinajstić information content (AvgIpc) is 2.83. The van der Waals surface area contributed by atoms with Crippen LogP contribution in [0.4, 0.5) is 30.7 Å². The molecule has 0 aromatic heterocycles. The van der Waals surface area contributed by atoms with Gasteiger partial charge in [0, 0.05) is 17.7 Å². The Kier molecular flexibility index (Phi) is 8.05. The standard InChI is InChI=1S/C27H29F7O2/c1-2-15-3-5-16(6-4-15)17-7-9-18(10-8-17)24-20(28)11-12-23(25(24)31)35-19-13-21(29)26(22(30)14-19)36-27(32,33)34/h11-18H,2-10H2,1H3. The molecule has 4 rings (SSSR count). The Labute approximate surface area is 205 Å². The smallest absolute Gasteiger partial charge is 0.454 e. The van der Waals surface area contributed by atoms with E-state index in [1.165, 1.54) is 32.1 Å². The van der Waals surface area contributed by atoms with Crippen molar-refractivity contribution in [2.24, 2.45) is 17.8 Å². The largest absolute Gasteiger partial charge is 0.573 e. The highest BCUT2D eigenvalue weighted by molar-refractivity contribution is 5.41. The fourth-order valence-corrected chi connectivity index (χ4v) is 5.89. The van der Waals surface area contributed by atoms with Gasteiger partial charge in [-0.3, -0.25) is 0 Å². The van der Waals surface area contributed by atoms with Gasteiger partial charge >= 0.3 is 6.36 Å². The van der Waals surface area contributed by atoms with E-state index in [9.17, 15) is 26.3 Å². The van der Waals surface area contributed by atoms with E-state index in [1.54, 1.807) is 0 Å². The third kappa shape index (κ3) is 6.09. The van der Waals surface area contributed by atoms with Crippen LogP contribution in [0.5, 0.6) is 17.2 Å². The quantitative estimate of drug-likeness (QED) is 0.355. The summed E-state index contributed by atoms with van der Waals surface area (Å²) in [6.45, 7) is 2.22. The van der Waals surface area contributed by atoms with E-state index in [2.05, 4.69) is 11.7 Å². The fourth-order valence-electron chi connectivity index (χ4n) is 5.89. The van der Waals surface area contributed by atoms with Crippen LogP contribution in [0, 0.1) is 41.0 Å². The van der Waals surface area contributed by atoms with Crippen molar-refractivity contribution < 1.29 is 40.2 Å². The number of ether oxygens (including phenoxy) is 2. The first kappa shape index (κ1) is 26.6. The number of benzene rings is 2. The molecule has 0 bridgehead atoms. The highest BCUT2D eigenvalue weighted by Gasteiger charge is 2.35. The second kappa shape index (κ2) is 10.9. The lowest BCUT2D eigenvalue weighted by atomic mass is 9.68. The molecular weight excluding hydrogens is 489 g/mol. The third-order valence-electron chi connectivity index (χ3n) is 7.82. The summed E-state index contributed by atoms with van der Waals surface area (Å²) < 4.78 is 104. The van der Waals surface area contributed by atoms with Gasteiger partial charge in [0.15, 0.2) is 23.2 Å². The topological polar surface area (TPSA) is 18.5 Å². The molecule has 2 aromatic rings. The number of alkyl halides is 3. The predicted molar refractivity (Wildman–Crippen MR) is 120 cm³/mol. The van der Waals surface area contributed by atoms with Crippen molar-refractivity contribution in [3.05, 3.63) is 53.1 Å². The molecule has 2 fully saturated rings. The first-order chi connectivity index (χ1) is 17.1.